The van der Waals surface area contributed by atoms with Crippen molar-refractivity contribution in [1.82, 2.24) is 19.9 Å². The quantitative estimate of drug-likeness (QED) is 0.349. The third-order valence-corrected chi connectivity index (χ3v) is 7.81. The predicted octanol–water partition coefficient (Wildman–Crippen LogP) is 5.76. The number of morpholine rings is 1. The molecule has 2 aliphatic rings. The van der Waals surface area contributed by atoms with E-state index >= 15 is 0 Å². The molecule has 1 saturated carbocycles. The van der Waals surface area contributed by atoms with E-state index < -0.39 is 0 Å². The van der Waals surface area contributed by atoms with Gasteiger partial charge in [0.2, 0.25) is 0 Å². The Bertz CT molecular complexity index is 1400. The van der Waals surface area contributed by atoms with Crippen molar-refractivity contribution in [3.8, 4) is 22.6 Å². The predicted molar refractivity (Wildman–Crippen MR) is 144 cm³/mol. The highest BCUT2D eigenvalue weighted by atomic mass is 32.1. The summed E-state index contributed by atoms with van der Waals surface area (Å²) in [5.74, 6) is 1.31. The van der Waals surface area contributed by atoms with Gasteiger partial charge >= 0.3 is 0 Å². The van der Waals surface area contributed by atoms with E-state index in [-0.39, 0.29) is 5.91 Å². The molecule has 4 aromatic rings. The molecule has 37 heavy (non-hydrogen) atoms. The molecule has 6 rings (SSSR count). The Kier molecular flexibility index (Phi) is 6.96. The summed E-state index contributed by atoms with van der Waals surface area (Å²) < 4.78 is 12.6. The van der Waals surface area contributed by atoms with Crippen molar-refractivity contribution >= 4 is 32.6 Å². The number of carbonyl (C=O) groups excluding carboxylic acids is 1. The van der Waals surface area contributed by atoms with Gasteiger partial charge in [-0.3, -0.25) is 14.8 Å². The van der Waals surface area contributed by atoms with E-state index in [0.717, 1.165) is 32.2 Å². The van der Waals surface area contributed by atoms with E-state index in [1.807, 2.05) is 30.3 Å². The standard InChI is InChI=1S/C28H29N5O3S/c34-27(33-8-10-35-11-9-33)21-12-19(15-29-17-21)20-13-24(18-30-16-20)36-23-6-7-25-26(14-23)37-28(32-25)31-22-4-2-1-3-5-22/h6-7,12-18,22H,1-5,8-11H2,(H,31,32). The van der Waals surface area contributed by atoms with Gasteiger partial charge in [0.1, 0.15) is 11.5 Å². The van der Waals surface area contributed by atoms with Crippen molar-refractivity contribution < 1.29 is 14.3 Å². The molecular weight excluding hydrogens is 486 g/mol. The van der Waals surface area contributed by atoms with Crippen LogP contribution in [0.4, 0.5) is 5.13 Å². The van der Waals surface area contributed by atoms with Crippen LogP contribution in [-0.2, 0) is 4.74 Å². The van der Waals surface area contributed by atoms with Gasteiger partial charge in [-0.1, -0.05) is 30.6 Å². The van der Waals surface area contributed by atoms with E-state index in [1.54, 1.807) is 41.0 Å². The van der Waals surface area contributed by atoms with E-state index in [9.17, 15) is 4.79 Å². The highest BCUT2D eigenvalue weighted by Crippen LogP contribution is 2.33. The number of anilines is 1. The van der Waals surface area contributed by atoms with E-state index in [0.29, 0.717) is 43.7 Å². The van der Waals surface area contributed by atoms with Gasteiger partial charge in [0.05, 0.1) is 35.2 Å². The summed E-state index contributed by atoms with van der Waals surface area (Å²) in [6, 6.07) is 10.2. The number of hydrogen-bond donors (Lipinski definition) is 1. The number of carbonyl (C=O) groups is 1. The van der Waals surface area contributed by atoms with Crippen LogP contribution >= 0.6 is 11.3 Å². The third-order valence-electron chi connectivity index (χ3n) is 6.86. The lowest BCUT2D eigenvalue weighted by molar-refractivity contribution is 0.0302. The molecule has 3 aromatic heterocycles. The second-order valence-corrected chi connectivity index (χ2v) is 10.5. The lowest BCUT2D eigenvalue weighted by atomic mass is 9.96. The summed E-state index contributed by atoms with van der Waals surface area (Å²) in [7, 11) is 0. The minimum atomic E-state index is -0.0341. The second-order valence-electron chi connectivity index (χ2n) is 9.51. The maximum atomic E-state index is 12.9. The maximum absolute atomic E-state index is 12.9. The van der Waals surface area contributed by atoms with Crippen molar-refractivity contribution in [1.29, 1.82) is 0 Å². The number of amides is 1. The topological polar surface area (TPSA) is 89.5 Å². The lowest BCUT2D eigenvalue weighted by Gasteiger charge is -2.26. The Labute approximate surface area is 219 Å². The summed E-state index contributed by atoms with van der Waals surface area (Å²) in [5.41, 5.74) is 3.17. The molecule has 2 fully saturated rings. The molecule has 9 heteroatoms. The molecule has 0 radical (unpaired) electrons. The average Bonchev–Trinajstić information content (AvgIpc) is 3.35. The van der Waals surface area contributed by atoms with Crippen LogP contribution in [0.25, 0.3) is 21.3 Å². The molecule has 4 heterocycles. The Hall–Kier alpha value is -3.56. The summed E-state index contributed by atoms with van der Waals surface area (Å²) in [5, 5.41) is 4.59. The number of pyridine rings is 2. The first-order valence-electron chi connectivity index (χ1n) is 12.8. The highest BCUT2D eigenvalue weighted by Gasteiger charge is 2.19. The van der Waals surface area contributed by atoms with Gasteiger partial charge in [0.25, 0.3) is 5.91 Å². The summed E-state index contributed by atoms with van der Waals surface area (Å²) in [4.78, 5) is 28.1. The van der Waals surface area contributed by atoms with Crippen LogP contribution < -0.4 is 10.1 Å². The summed E-state index contributed by atoms with van der Waals surface area (Å²) >= 11 is 1.66. The van der Waals surface area contributed by atoms with Crippen LogP contribution in [0.15, 0.2) is 55.1 Å². The highest BCUT2D eigenvalue weighted by molar-refractivity contribution is 7.22. The fraction of sp³-hybridized carbons (Fsp3) is 0.357. The zero-order valence-electron chi connectivity index (χ0n) is 20.6. The molecule has 1 N–H and O–H groups in total. The maximum Gasteiger partial charge on any atom is 0.255 e. The second kappa shape index (κ2) is 10.8. The monoisotopic (exact) mass is 515 g/mol. The number of thiazole rings is 1. The molecule has 0 bridgehead atoms. The summed E-state index contributed by atoms with van der Waals surface area (Å²) in [6.45, 7) is 2.31. The molecule has 1 aliphatic heterocycles. The fourth-order valence-corrected chi connectivity index (χ4v) is 5.86. The van der Waals surface area contributed by atoms with Gasteiger partial charge < -0.3 is 19.7 Å². The molecule has 1 aromatic carbocycles. The fourth-order valence-electron chi connectivity index (χ4n) is 4.88. The lowest BCUT2D eigenvalue weighted by Crippen LogP contribution is -2.40. The number of nitrogens with one attached hydrogen (secondary N) is 1. The number of nitrogens with zero attached hydrogens (tertiary/aromatic N) is 4. The van der Waals surface area contributed by atoms with Crippen LogP contribution in [-0.4, -0.2) is 58.1 Å². The number of ether oxygens (including phenoxy) is 2. The number of fused-ring (bicyclic) bond motifs is 1. The smallest absolute Gasteiger partial charge is 0.255 e. The van der Waals surface area contributed by atoms with Crippen molar-refractivity contribution in [2.75, 3.05) is 31.6 Å². The number of benzene rings is 1. The SMILES string of the molecule is O=C(c1cncc(-c2cncc(Oc3ccc4nc(NC5CCCCC5)sc4c3)c2)c1)N1CCOCC1. The van der Waals surface area contributed by atoms with Gasteiger partial charge in [0, 0.05) is 54.9 Å². The van der Waals surface area contributed by atoms with Crippen LogP contribution in [0.1, 0.15) is 42.5 Å². The van der Waals surface area contributed by atoms with E-state index in [2.05, 4.69) is 15.3 Å². The van der Waals surface area contributed by atoms with E-state index in [4.69, 9.17) is 14.5 Å². The molecule has 1 saturated heterocycles. The Balaban J connectivity index is 1.17. The number of hydrogen-bond acceptors (Lipinski definition) is 8. The van der Waals surface area contributed by atoms with Gasteiger partial charge in [-0.15, -0.1) is 0 Å². The normalized spacial score (nSPS) is 16.6. The van der Waals surface area contributed by atoms with E-state index in [1.165, 1.54) is 32.1 Å². The molecular formula is C28H29N5O3S. The van der Waals surface area contributed by atoms with Gasteiger partial charge in [0.15, 0.2) is 5.13 Å². The Morgan fingerprint density at radius 1 is 0.946 bits per heavy atom. The number of rotatable bonds is 6. The third kappa shape index (κ3) is 5.57. The zero-order valence-corrected chi connectivity index (χ0v) is 21.4. The molecule has 0 unspecified atom stereocenters. The first-order valence-corrected chi connectivity index (χ1v) is 13.7. The molecule has 0 atom stereocenters. The Morgan fingerprint density at radius 3 is 2.57 bits per heavy atom. The van der Waals surface area contributed by atoms with Crippen LogP contribution in [0, 0.1) is 0 Å². The van der Waals surface area contributed by atoms with Gasteiger partial charge in [-0.05, 0) is 37.1 Å². The summed E-state index contributed by atoms with van der Waals surface area (Å²) in [6.07, 6.45) is 13.1. The van der Waals surface area contributed by atoms with Gasteiger partial charge in [-0.2, -0.15) is 0 Å². The zero-order chi connectivity index (χ0) is 25.0. The minimum absolute atomic E-state index is 0.0341. The average molecular weight is 516 g/mol. The largest absolute Gasteiger partial charge is 0.456 e. The molecule has 1 amide bonds. The first kappa shape index (κ1) is 23.8. The number of aromatic nitrogens is 3. The van der Waals surface area contributed by atoms with Crippen LogP contribution in [0.5, 0.6) is 11.5 Å². The van der Waals surface area contributed by atoms with Crippen molar-refractivity contribution in [3.05, 3.63) is 60.7 Å². The van der Waals surface area contributed by atoms with Crippen molar-refractivity contribution in [2.24, 2.45) is 0 Å². The van der Waals surface area contributed by atoms with Gasteiger partial charge in [-0.25, -0.2) is 4.98 Å². The molecule has 1 aliphatic carbocycles. The Morgan fingerprint density at radius 2 is 1.73 bits per heavy atom. The van der Waals surface area contributed by atoms with Crippen molar-refractivity contribution in [2.45, 2.75) is 38.1 Å². The van der Waals surface area contributed by atoms with Crippen molar-refractivity contribution in [3.63, 3.8) is 0 Å². The van der Waals surface area contributed by atoms with Crippen LogP contribution in [0.2, 0.25) is 0 Å². The van der Waals surface area contributed by atoms with Crippen LogP contribution in [0.3, 0.4) is 0 Å². The molecule has 0 spiro atoms. The molecule has 8 nitrogen and oxygen atoms in total. The first-order chi connectivity index (χ1) is 18.2. The minimum Gasteiger partial charge on any atom is -0.456 e. The molecule has 190 valence electrons.